The van der Waals surface area contributed by atoms with Crippen molar-refractivity contribution in [2.75, 3.05) is 12.4 Å². The Morgan fingerprint density at radius 3 is 2.56 bits per heavy atom. The lowest BCUT2D eigenvalue weighted by Crippen LogP contribution is -2.14. The number of anilines is 1. The second kappa shape index (κ2) is 7.49. The van der Waals surface area contributed by atoms with Gasteiger partial charge in [-0.15, -0.1) is 11.3 Å². The third-order valence-corrected chi connectivity index (χ3v) is 4.62. The lowest BCUT2D eigenvalue weighted by atomic mass is 10.1. The van der Waals surface area contributed by atoms with Crippen molar-refractivity contribution in [2.24, 2.45) is 0 Å². The Labute approximate surface area is 151 Å². The molecule has 0 saturated heterocycles. The third kappa shape index (κ3) is 4.25. The van der Waals surface area contributed by atoms with E-state index >= 15 is 0 Å². The number of amides is 1. The summed E-state index contributed by atoms with van der Waals surface area (Å²) >= 11 is 1.41. The highest BCUT2D eigenvalue weighted by atomic mass is 32.1. The molecular formula is C20H20N2O2S. The zero-order valence-corrected chi connectivity index (χ0v) is 15.3. The van der Waals surface area contributed by atoms with Gasteiger partial charge in [-0.25, -0.2) is 4.98 Å². The molecule has 128 valence electrons. The van der Waals surface area contributed by atoms with Gasteiger partial charge < -0.3 is 10.1 Å². The van der Waals surface area contributed by atoms with Crippen LogP contribution in [-0.4, -0.2) is 18.0 Å². The van der Waals surface area contributed by atoms with Gasteiger partial charge in [0.25, 0.3) is 0 Å². The standard InChI is InChI=1S/C20H20N2O2S/c1-13-4-7-15(8-5-13)11-19(23)22-20-21-17(12-25-20)16-10-14(2)6-9-18(16)24-3/h4-10,12H,11H2,1-3H3,(H,21,22,23). The third-order valence-electron chi connectivity index (χ3n) is 3.87. The average Bonchev–Trinajstić information content (AvgIpc) is 3.05. The minimum atomic E-state index is -0.0686. The van der Waals surface area contributed by atoms with Crippen LogP contribution < -0.4 is 10.1 Å². The van der Waals surface area contributed by atoms with E-state index in [1.165, 1.54) is 16.9 Å². The number of hydrogen-bond acceptors (Lipinski definition) is 4. The fourth-order valence-electron chi connectivity index (χ4n) is 2.53. The molecule has 1 amide bonds. The molecule has 25 heavy (non-hydrogen) atoms. The summed E-state index contributed by atoms with van der Waals surface area (Å²) < 4.78 is 5.41. The van der Waals surface area contributed by atoms with Crippen LogP contribution in [0.3, 0.4) is 0 Å². The van der Waals surface area contributed by atoms with Crippen molar-refractivity contribution in [1.29, 1.82) is 0 Å². The number of benzene rings is 2. The summed E-state index contributed by atoms with van der Waals surface area (Å²) in [6.07, 6.45) is 0.336. The SMILES string of the molecule is COc1ccc(C)cc1-c1csc(NC(=O)Cc2ccc(C)cc2)n1. The number of carbonyl (C=O) groups excluding carboxylic acids is 1. The summed E-state index contributed by atoms with van der Waals surface area (Å²) in [5, 5.41) is 5.40. The van der Waals surface area contributed by atoms with Gasteiger partial charge in [-0.1, -0.05) is 41.5 Å². The Morgan fingerprint density at radius 2 is 1.84 bits per heavy atom. The summed E-state index contributed by atoms with van der Waals surface area (Å²) in [6.45, 7) is 4.06. The van der Waals surface area contributed by atoms with Crippen molar-refractivity contribution in [3.63, 3.8) is 0 Å². The number of aromatic nitrogens is 1. The highest BCUT2D eigenvalue weighted by Gasteiger charge is 2.12. The van der Waals surface area contributed by atoms with E-state index < -0.39 is 0 Å². The molecule has 0 aliphatic rings. The number of ether oxygens (including phenoxy) is 1. The molecule has 2 aromatic carbocycles. The van der Waals surface area contributed by atoms with Crippen LogP contribution in [0, 0.1) is 13.8 Å². The Balaban J connectivity index is 1.72. The maximum Gasteiger partial charge on any atom is 0.230 e. The predicted octanol–water partition coefficient (Wildman–Crippen LogP) is 4.62. The van der Waals surface area contributed by atoms with Crippen molar-refractivity contribution in [3.8, 4) is 17.0 Å². The molecule has 0 spiro atoms. The molecule has 3 rings (SSSR count). The monoisotopic (exact) mass is 352 g/mol. The highest BCUT2D eigenvalue weighted by molar-refractivity contribution is 7.14. The Hall–Kier alpha value is -2.66. The zero-order valence-electron chi connectivity index (χ0n) is 14.5. The van der Waals surface area contributed by atoms with E-state index in [0.29, 0.717) is 11.6 Å². The maximum atomic E-state index is 12.2. The minimum Gasteiger partial charge on any atom is -0.496 e. The molecule has 1 heterocycles. The first kappa shape index (κ1) is 17.2. The molecule has 0 atom stereocenters. The topological polar surface area (TPSA) is 51.2 Å². The van der Waals surface area contributed by atoms with E-state index in [0.717, 1.165) is 28.1 Å². The van der Waals surface area contributed by atoms with E-state index in [-0.39, 0.29) is 5.91 Å². The van der Waals surface area contributed by atoms with Gasteiger partial charge >= 0.3 is 0 Å². The van der Waals surface area contributed by atoms with Crippen LogP contribution in [0.15, 0.2) is 47.8 Å². The molecule has 3 aromatic rings. The fourth-order valence-corrected chi connectivity index (χ4v) is 3.26. The Bertz CT molecular complexity index is 885. The van der Waals surface area contributed by atoms with E-state index in [9.17, 15) is 4.79 Å². The molecule has 0 fully saturated rings. The molecule has 1 N–H and O–H groups in total. The summed E-state index contributed by atoms with van der Waals surface area (Å²) in [7, 11) is 1.64. The first-order valence-electron chi connectivity index (χ1n) is 8.01. The van der Waals surface area contributed by atoms with E-state index in [2.05, 4.69) is 10.3 Å². The van der Waals surface area contributed by atoms with Gasteiger partial charge in [0.05, 0.1) is 19.2 Å². The van der Waals surface area contributed by atoms with Crippen molar-refractivity contribution >= 4 is 22.4 Å². The van der Waals surface area contributed by atoms with Gasteiger partial charge in [0.15, 0.2) is 5.13 Å². The quantitative estimate of drug-likeness (QED) is 0.729. The lowest BCUT2D eigenvalue weighted by molar-refractivity contribution is -0.115. The van der Waals surface area contributed by atoms with Crippen LogP contribution in [0.4, 0.5) is 5.13 Å². The van der Waals surface area contributed by atoms with Gasteiger partial charge in [-0.2, -0.15) is 0 Å². The molecule has 0 aliphatic carbocycles. The van der Waals surface area contributed by atoms with Crippen LogP contribution in [0.25, 0.3) is 11.3 Å². The van der Waals surface area contributed by atoms with Crippen molar-refractivity contribution in [2.45, 2.75) is 20.3 Å². The Kier molecular flexibility index (Phi) is 5.14. The number of nitrogens with one attached hydrogen (secondary N) is 1. The van der Waals surface area contributed by atoms with Crippen molar-refractivity contribution in [1.82, 2.24) is 4.98 Å². The summed E-state index contributed by atoms with van der Waals surface area (Å²) in [5.41, 5.74) is 5.03. The van der Waals surface area contributed by atoms with Crippen LogP contribution >= 0.6 is 11.3 Å². The minimum absolute atomic E-state index is 0.0686. The van der Waals surface area contributed by atoms with Gasteiger partial charge in [0, 0.05) is 10.9 Å². The smallest absolute Gasteiger partial charge is 0.230 e. The lowest BCUT2D eigenvalue weighted by Gasteiger charge is -2.07. The van der Waals surface area contributed by atoms with E-state index in [1.54, 1.807) is 7.11 Å². The fraction of sp³-hybridized carbons (Fsp3) is 0.200. The van der Waals surface area contributed by atoms with Crippen molar-refractivity contribution < 1.29 is 9.53 Å². The molecule has 0 saturated carbocycles. The van der Waals surface area contributed by atoms with Crippen LogP contribution in [-0.2, 0) is 11.2 Å². The largest absolute Gasteiger partial charge is 0.496 e. The first-order valence-corrected chi connectivity index (χ1v) is 8.89. The van der Waals surface area contributed by atoms with Gasteiger partial charge in [-0.05, 0) is 31.5 Å². The number of nitrogens with zero attached hydrogens (tertiary/aromatic N) is 1. The second-order valence-electron chi connectivity index (χ2n) is 5.95. The summed E-state index contributed by atoms with van der Waals surface area (Å²) in [6, 6.07) is 13.9. The first-order chi connectivity index (χ1) is 12.0. The average molecular weight is 352 g/mol. The summed E-state index contributed by atoms with van der Waals surface area (Å²) in [5.74, 6) is 0.703. The molecule has 0 aliphatic heterocycles. The molecule has 5 heteroatoms. The van der Waals surface area contributed by atoms with Crippen LogP contribution in [0.2, 0.25) is 0 Å². The van der Waals surface area contributed by atoms with Crippen molar-refractivity contribution in [3.05, 3.63) is 64.5 Å². The van der Waals surface area contributed by atoms with E-state index in [4.69, 9.17) is 4.74 Å². The zero-order chi connectivity index (χ0) is 17.8. The number of aryl methyl sites for hydroxylation is 2. The normalized spacial score (nSPS) is 10.5. The molecule has 0 bridgehead atoms. The highest BCUT2D eigenvalue weighted by Crippen LogP contribution is 2.32. The van der Waals surface area contributed by atoms with Gasteiger partial charge in [0.1, 0.15) is 5.75 Å². The number of rotatable bonds is 5. The van der Waals surface area contributed by atoms with Crippen LogP contribution in [0.5, 0.6) is 5.75 Å². The van der Waals surface area contributed by atoms with Gasteiger partial charge in [0.2, 0.25) is 5.91 Å². The maximum absolute atomic E-state index is 12.2. The number of carbonyl (C=O) groups is 1. The van der Waals surface area contributed by atoms with E-state index in [1.807, 2.05) is 61.7 Å². The molecule has 0 unspecified atom stereocenters. The number of hydrogen-bond donors (Lipinski definition) is 1. The predicted molar refractivity (Wildman–Crippen MR) is 102 cm³/mol. The molecule has 4 nitrogen and oxygen atoms in total. The number of thiazole rings is 1. The second-order valence-corrected chi connectivity index (χ2v) is 6.81. The summed E-state index contributed by atoms with van der Waals surface area (Å²) in [4.78, 5) is 16.8. The molecule has 1 aromatic heterocycles. The number of methoxy groups -OCH3 is 1. The molecule has 0 radical (unpaired) electrons. The van der Waals surface area contributed by atoms with Crippen LogP contribution in [0.1, 0.15) is 16.7 Å². The Morgan fingerprint density at radius 1 is 1.12 bits per heavy atom. The molecular weight excluding hydrogens is 332 g/mol. The van der Waals surface area contributed by atoms with Gasteiger partial charge in [-0.3, -0.25) is 4.79 Å².